The van der Waals surface area contributed by atoms with Gasteiger partial charge in [0.2, 0.25) is 0 Å². The van der Waals surface area contributed by atoms with Crippen LogP contribution in [-0.4, -0.2) is 0 Å². The highest BCUT2D eigenvalue weighted by atomic mass is 15.1. The number of anilines is 3. The summed E-state index contributed by atoms with van der Waals surface area (Å²) in [5.41, 5.74) is 19.8. The summed E-state index contributed by atoms with van der Waals surface area (Å²) in [6.07, 6.45) is 2.17. The molecule has 0 N–H and O–H groups in total. The summed E-state index contributed by atoms with van der Waals surface area (Å²) >= 11 is 0. The van der Waals surface area contributed by atoms with Gasteiger partial charge in [0.1, 0.15) is 0 Å². The molecule has 0 bridgehead atoms. The fraction of sp³-hybridized carbons (Fsp3) is 0.115. The molecule has 0 saturated heterocycles. The van der Waals surface area contributed by atoms with Gasteiger partial charge in [-0.15, -0.1) is 0 Å². The van der Waals surface area contributed by atoms with Crippen molar-refractivity contribution in [2.45, 2.75) is 37.5 Å². The smallest absolute Gasteiger partial charge is 0.0540 e. The molecule has 53 heavy (non-hydrogen) atoms. The normalized spacial score (nSPS) is 16.9. The van der Waals surface area contributed by atoms with Crippen LogP contribution in [0.15, 0.2) is 176 Å². The van der Waals surface area contributed by atoms with Gasteiger partial charge in [-0.3, -0.25) is 0 Å². The third-order valence-electron chi connectivity index (χ3n) is 12.6. The molecule has 0 aromatic heterocycles. The molecule has 1 unspecified atom stereocenters. The van der Waals surface area contributed by atoms with Crippen molar-refractivity contribution in [1.29, 1.82) is 0 Å². The maximum absolute atomic E-state index is 2.52. The number of fused-ring (bicyclic) bond motifs is 11. The van der Waals surface area contributed by atoms with E-state index in [1.54, 1.807) is 0 Å². The molecule has 0 fully saturated rings. The van der Waals surface area contributed by atoms with Crippen LogP contribution in [0.3, 0.4) is 0 Å². The van der Waals surface area contributed by atoms with Crippen molar-refractivity contribution in [3.8, 4) is 33.4 Å². The third-order valence-corrected chi connectivity index (χ3v) is 12.6. The van der Waals surface area contributed by atoms with Crippen LogP contribution in [0.25, 0.3) is 44.2 Å². The van der Waals surface area contributed by atoms with Gasteiger partial charge < -0.3 is 4.90 Å². The molecule has 252 valence electrons. The molecule has 0 amide bonds. The highest BCUT2D eigenvalue weighted by molar-refractivity contribution is 6.00. The molecule has 1 heteroatoms. The van der Waals surface area contributed by atoms with Crippen molar-refractivity contribution in [1.82, 2.24) is 0 Å². The molecule has 3 aliphatic rings. The van der Waals surface area contributed by atoms with E-state index in [1.165, 1.54) is 88.9 Å². The van der Waals surface area contributed by atoms with Gasteiger partial charge in [0.05, 0.1) is 5.69 Å². The van der Waals surface area contributed by atoms with Gasteiger partial charge >= 0.3 is 0 Å². The van der Waals surface area contributed by atoms with E-state index in [1.807, 2.05) is 0 Å². The first-order valence-electron chi connectivity index (χ1n) is 19.0. The van der Waals surface area contributed by atoms with Crippen LogP contribution in [-0.2, 0) is 17.3 Å². The van der Waals surface area contributed by atoms with E-state index in [0.717, 1.165) is 18.5 Å². The number of hydrogen-bond donors (Lipinski definition) is 0. The first-order valence-corrected chi connectivity index (χ1v) is 19.0. The van der Waals surface area contributed by atoms with E-state index in [0.29, 0.717) is 0 Å². The van der Waals surface area contributed by atoms with Gasteiger partial charge in [-0.05, 0) is 115 Å². The molecule has 0 radical (unpaired) electrons. The van der Waals surface area contributed by atoms with Gasteiger partial charge in [-0.1, -0.05) is 159 Å². The van der Waals surface area contributed by atoms with E-state index in [-0.39, 0.29) is 10.8 Å². The monoisotopic (exact) mass is 677 g/mol. The molecule has 0 saturated carbocycles. The van der Waals surface area contributed by atoms with Gasteiger partial charge in [0, 0.05) is 27.6 Å². The molecule has 8 aromatic carbocycles. The predicted molar refractivity (Wildman–Crippen MR) is 222 cm³/mol. The van der Waals surface area contributed by atoms with Crippen molar-refractivity contribution in [3.05, 3.63) is 209 Å². The van der Waals surface area contributed by atoms with Crippen LogP contribution in [0.1, 0.15) is 53.6 Å². The van der Waals surface area contributed by atoms with Crippen LogP contribution in [0.5, 0.6) is 0 Å². The fourth-order valence-electron chi connectivity index (χ4n) is 10.4. The Hall–Kier alpha value is -6.18. The van der Waals surface area contributed by atoms with Gasteiger partial charge in [-0.2, -0.15) is 0 Å². The van der Waals surface area contributed by atoms with Crippen molar-refractivity contribution in [2.75, 3.05) is 4.90 Å². The number of rotatable bonds is 4. The molecule has 3 aliphatic carbocycles. The van der Waals surface area contributed by atoms with Crippen molar-refractivity contribution in [3.63, 3.8) is 0 Å². The third kappa shape index (κ3) is 4.20. The number of nitrogens with zero attached hydrogens (tertiary/aromatic N) is 1. The van der Waals surface area contributed by atoms with Crippen LogP contribution < -0.4 is 4.90 Å². The second-order valence-electron chi connectivity index (χ2n) is 15.6. The highest BCUT2D eigenvalue weighted by Gasteiger charge is 2.48. The molecular formula is C52H39N. The minimum absolute atomic E-state index is 0.102. The molecule has 0 heterocycles. The predicted octanol–water partition coefficient (Wildman–Crippen LogP) is 13.5. The lowest BCUT2D eigenvalue weighted by atomic mass is 9.73. The molecule has 1 spiro atoms. The minimum Gasteiger partial charge on any atom is -0.310 e. The van der Waals surface area contributed by atoms with E-state index in [2.05, 4.69) is 195 Å². The molecular weight excluding hydrogens is 639 g/mol. The van der Waals surface area contributed by atoms with Gasteiger partial charge in [0.25, 0.3) is 0 Å². The standard InChI is InChI=1S/C52H39N/c1-51(2)46-25-9-6-21-42(46)44-23-13-22-40(50(44)51)36-17-11-18-37(32-36)53(49-27-12-16-34-14-3-5-19-39(34)49)38-28-29-43-41-20-7-10-26-47(41)52(48(43)33-38)31-30-35-15-4-8-24-45(35)52/h3-29,32-33H,30-31H2,1-2H3. The summed E-state index contributed by atoms with van der Waals surface area (Å²) in [5.74, 6) is 0. The van der Waals surface area contributed by atoms with Gasteiger partial charge in [0.15, 0.2) is 0 Å². The summed E-state index contributed by atoms with van der Waals surface area (Å²) < 4.78 is 0. The Morgan fingerprint density at radius 2 is 1.08 bits per heavy atom. The molecule has 1 nitrogen and oxygen atoms in total. The minimum atomic E-state index is -0.157. The molecule has 11 rings (SSSR count). The zero-order valence-electron chi connectivity index (χ0n) is 30.1. The van der Waals surface area contributed by atoms with Crippen LogP contribution in [0.2, 0.25) is 0 Å². The summed E-state index contributed by atoms with van der Waals surface area (Å²) in [7, 11) is 0. The SMILES string of the molecule is CC1(C)c2ccccc2-c2cccc(-c3cccc(N(c4ccc5c(c4)C4(CCc6ccccc64)c4ccccc4-5)c4cccc5ccccc45)c3)c21. The second-order valence-corrected chi connectivity index (χ2v) is 15.6. The highest BCUT2D eigenvalue weighted by Crippen LogP contribution is 2.59. The summed E-state index contributed by atoms with van der Waals surface area (Å²) in [4.78, 5) is 2.51. The van der Waals surface area contributed by atoms with E-state index < -0.39 is 0 Å². The Labute approximate surface area is 311 Å². The largest absolute Gasteiger partial charge is 0.310 e. The fourth-order valence-corrected chi connectivity index (χ4v) is 10.4. The Kier molecular flexibility index (Phi) is 6.41. The van der Waals surface area contributed by atoms with Crippen LogP contribution in [0, 0.1) is 0 Å². The Balaban J connectivity index is 1.14. The van der Waals surface area contributed by atoms with Crippen molar-refractivity contribution >= 4 is 27.8 Å². The molecule has 0 aliphatic heterocycles. The number of hydrogen-bond acceptors (Lipinski definition) is 1. The van der Waals surface area contributed by atoms with Crippen LogP contribution in [0.4, 0.5) is 17.1 Å². The lowest BCUT2D eigenvalue weighted by Gasteiger charge is -2.31. The first kappa shape index (κ1) is 30.4. The van der Waals surface area contributed by atoms with Crippen molar-refractivity contribution < 1.29 is 0 Å². The number of aryl methyl sites for hydroxylation is 1. The lowest BCUT2D eigenvalue weighted by molar-refractivity contribution is 0.626. The Bertz CT molecular complexity index is 2780. The summed E-state index contributed by atoms with van der Waals surface area (Å²) in [6, 6.07) is 66.1. The summed E-state index contributed by atoms with van der Waals surface area (Å²) in [6.45, 7) is 4.76. The zero-order valence-corrected chi connectivity index (χ0v) is 30.1. The quantitative estimate of drug-likeness (QED) is 0.179. The molecule has 8 aromatic rings. The van der Waals surface area contributed by atoms with E-state index >= 15 is 0 Å². The van der Waals surface area contributed by atoms with Gasteiger partial charge in [-0.25, -0.2) is 0 Å². The van der Waals surface area contributed by atoms with Crippen LogP contribution >= 0.6 is 0 Å². The van der Waals surface area contributed by atoms with E-state index in [9.17, 15) is 0 Å². The maximum atomic E-state index is 2.52. The zero-order chi connectivity index (χ0) is 35.3. The average molecular weight is 678 g/mol. The Morgan fingerprint density at radius 3 is 1.96 bits per heavy atom. The topological polar surface area (TPSA) is 3.24 Å². The number of benzene rings is 8. The first-order chi connectivity index (χ1) is 26.0. The second kappa shape index (κ2) is 11.2. The average Bonchev–Trinajstić information content (AvgIpc) is 3.82. The molecule has 1 atom stereocenters. The van der Waals surface area contributed by atoms with Crippen molar-refractivity contribution in [2.24, 2.45) is 0 Å². The Morgan fingerprint density at radius 1 is 0.453 bits per heavy atom. The maximum Gasteiger partial charge on any atom is 0.0540 e. The lowest BCUT2D eigenvalue weighted by Crippen LogP contribution is -2.24. The van der Waals surface area contributed by atoms with E-state index in [4.69, 9.17) is 0 Å². The summed E-state index contributed by atoms with van der Waals surface area (Å²) in [5, 5.41) is 2.48.